The Labute approximate surface area is 183 Å². The molecule has 0 atom stereocenters. The van der Waals surface area contributed by atoms with Crippen molar-refractivity contribution >= 4 is 39.2 Å². The zero-order chi connectivity index (χ0) is 21.3. The number of hydrogen-bond donors (Lipinski definition) is 1. The molecule has 2 aromatic rings. The molecule has 1 N–H and O–H groups in total. The second-order valence-electron chi connectivity index (χ2n) is 7.65. The summed E-state index contributed by atoms with van der Waals surface area (Å²) in [4.78, 5) is 43.4. The van der Waals surface area contributed by atoms with Gasteiger partial charge in [0.25, 0.3) is 11.8 Å². The van der Waals surface area contributed by atoms with Crippen molar-refractivity contribution in [2.75, 3.05) is 51.8 Å². The van der Waals surface area contributed by atoms with E-state index in [0.717, 1.165) is 30.7 Å². The number of carbonyl (C=O) groups excluding carboxylic acids is 3. The standard InChI is InChI=1S/C22H23BrN4O3/c1-25-7-9-26(10-8-25)13-20(28)15-3-2-4-17(11-15)24-14-27-21(29)18-6-5-16(23)12-19(18)22(27)30/h2-6,11-12,24H,7-10,13-14H2,1H3. The van der Waals surface area contributed by atoms with Crippen molar-refractivity contribution in [3.05, 3.63) is 63.6 Å². The number of carbonyl (C=O) groups is 3. The molecule has 2 heterocycles. The molecule has 0 bridgehead atoms. The Morgan fingerprint density at radius 2 is 1.73 bits per heavy atom. The van der Waals surface area contributed by atoms with E-state index in [1.54, 1.807) is 36.4 Å². The molecule has 2 aliphatic heterocycles. The Morgan fingerprint density at radius 1 is 1.00 bits per heavy atom. The molecular weight excluding hydrogens is 448 g/mol. The summed E-state index contributed by atoms with van der Waals surface area (Å²) in [7, 11) is 2.08. The molecule has 0 aromatic heterocycles. The predicted molar refractivity (Wildman–Crippen MR) is 118 cm³/mol. The van der Waals surface area contributed by atoms with E-state index in [1.165, 1.54) is 4.90 Å². The van der Waals surface area contributed by atoms with Gasteiger partial charge in [0.15, 0.2) is 5.78 Å². The lowest BCUT2D eigenvalue weighted by atomic mass is 10.1. The van der Waals surface area contributed by atoms with Crippen molar-refractivity contribution in [2.45, 2.75) is 0 Å². The van der Waals surface area contributed by atoms with Crippen LogP contribution in [0.4, 0.5) is 5.69 Å². The van der Waals surface area contributed by atoms with Crippen LogP contribution in [0.2, 0.25) is 0 Å². The van der Waals surface area contributed by atoms with Gasteiger partial charge in [-0.2, -0.15) is 0 Å². The molecule has 0 aliphatic carbocycles. The first-order chi connectivity index (χ1) is 14.4. The molecule has 0 radical (unpaired) electrons. The largest absolute Gasteiger partial charge is 0.367 e. The Morgan fingerprint density at radius 3 is 2.50 bits per heavy atom. The summed E-state index contributed by atoms with van der Waals surface area (Å²) in [5.41, 5.74) is 2.11. The van der Waals surface area contributed by atoms with Gasteiger partial charge in [0.05, 0.1) is 24.3 Å². The van der Waals surface area contributed by atoms with E-state index in [9.17, 15) is 14.4 Å². The van der Waals surface area contributed by atoms with Crippen LogP contribution in [0, 0.1) is 0 Å². The highest BCUT2D eigenvalue weighted by atomic mass is 79.9. The summed E-state index contributed by atoms with van der Waals surface area (Å²) in [5.74, 6) is -0.586. The summed E-state index contributed by atoms with van der Waals surface area (Å²) in [6, 6.07) is 12.2. The van der Waals surface area contributed by atoms with Crippen LogP contribution in [0.3, 0.4) is 0 Å². The number of benzene rings is 2. The van der Waals surface area contributed by atoms with Crippen LogP contribution < -0.4 is 5.32 Å². The number of nitrogens with zero attached hydrogens (tertiary/aromatic N) is 3. The third-order valence-electron chi connectivity index (χ3n) is 5.52. The molecule has 1 saturated heterocycles. The average Bonchev–Trinajstić information content (AvgIpc) is 2.97. The van der Waals surface area contributed by atoms with Gasteiger partial charge in [-0.05, 0) is 37.4 Å². The van der Waals surface area contributed by atoms with E-state index in [-0.39, 0.29) is 24.3 Å². The Bertz CT molecular complexity index is 1000. The molecule has 7 nitrogen and oxygen atoms in total. The van der Waals surface area contributed by atoms with Gasteiger partial charge in [0.2, 0.25) is 0 Å². The molecule has 8 heteroatoms. The van der Waals surface area contributed by atoms with Gasteiger partial charge < -0.3 is 10.2 Å². The zero-order valence-corrected chi connectivity index (χ0v) is 18.3. The van der Waals surface area contributed by atoms with Crippen LogP contribution in [0.25, 0.3) is 0 Å². The number of likely N-dealkylation sites (N-methyl/N-ethyl adjacent to an activating group) is 1. The predicted octanol–water partition coefficient (Wildman–Crippen LogP) is 2.54. The highest BCUT2D eigenvalue weighted by molar-refractivity contribution is 9.10. The Balaban J connectivity index is 1.39. The number of imide groups is 1. The van der Waals surface area contributed by atoms with Crippen LogP contribution in [0.1, 0.15) is 31.1 Å². The number of Topliss-reactive ketones (excluding diaryl/α,β-unsaturated/α-hetero) is 1. The average molecular weight is 471 g/mol. The van der Waals surface area contributed by atoms with E-state index in [1.807, 2.05) is 6.07 Å². The second kappa shape index (κ2) is 8.67. The fourth-order valence-electron chi connectivity index (χ4n) is 3.68. The fourth-order valence-corrected chi connectivity index (χ4v) is 4.04. The lowest BCUT2D eigenvalue weighted by molar-refractivity contribution is 0.0665. The molecule has 2 aromatic carbocycles. The molecule has 0 saturated carbocycles. The minimum Gasteiger partial charge on any atom is -0.367 e. The number of rotatable bonds is 6. The number of nitrogens with one attached hydrogen (secondary N) is 1. The normalized spacial score (nSPS) is 17.3. The van der Waals surface area contributed by atoms with E-state index in [2.05, 4.69) is 38.1 Å². The molecule has 0 spiro atoms. The Kier molecular flexibility index (Phi) is 5.99. The summed E-state index contributed by atoms with van der Waals surface area (Å²) in [6.07, 6.45) is 0. The van der Waals surface area contributed by atoms with Crippen molar-refractivity contribution < 1.29 is 14.4 Å². The molecule has 2 aliphatic rings. The molecule has 0 unspecified atom stereocenters. The first-order valence-corrected chi connectivity index (χ1v) is 10.7. The van der Waals surface area contributed by atoms with Crippen molar-refractivity contribution in [3.63, 3.8) is 0 Å². The molecule has 2 amide bonds. The van der Waals surface area contributed by atoms with Crippen molar-refractivity contribution in [1.29, 1.82) is 0 Å². The monoisotopic (exact) mass is 470 g/mol. The highest BCUT2D eigenvalue weighted by Crippen LogP contribution is 2.26. The van der Waals surface area contributed by atoms with E-state index in [0.29, 0.717) is 28.9 Å². The van der Waals surface area contributed by atoms with Gasteiger partial charge in [-0.25, -0.2) is 0 Å². The van der Waals surface area contributed by atoms with Gasteiger partial charge in [0.1, 0.15) is 0 Å². The molecule has 30 heavy (non-hydrogen) atoms. The number of hydrogen-bond acceptors (Lipinski definition) is 6. The molecular formula is C22H23BrN4O3. The van der Waals surface area contributed by atoms with Crippen molar-refractivity contribution in [3.8, 4) is 0 Å². The molecule has 156 valence electrons. The van der Waals surface area contributed by atoms with E-state index < -0.39 is 0 Å². The van der Waals surface area contributed by atoms with E-state index >= 15 is 0 Å². The number of amides is 2. The van der Waals surface area contributed by atoms with Crippen LogP contribution in [-0.4, -0.2) is 78.7 Å². The first-order valence-electron chi connectivity index (χ1n) is 9.86. The number of ketones is 1. The first kappa shape index (κ1) is 20.7. The smallest absolute Gasteiger partial charge is 0.263 e. The zero-order valence-electron chi connectivity index (χ0n) is 16.7. The maximum Gasteiger partial charge on any atom is 0.263 e. The maximum absolute atomic E-state index is 12.7. The van der Waals surface area contributed by atoms with Crippen LogP contribution in [0.15, 0.2) is 46.9 Å². The minimum atomic E-state index is -0.328. The molecule has 1 fully saturated rings. The molecule has 4 rings (SSSR count). The van der Waals surface area contributed by atoms with Gasteiger partial charge in [0, 0.05) is 41.9 Å². The van der Waals surface area contributed by atoms with Crippen LogP contribution in [-0.2, 0) is 0 Å². The third-order valence-corrected chi connectivity index (χ3v) is 6.01. The van der Waals surface area contributed by atoms with Crippen molar-refractivity contribution in [2.24, 2.45) is 0 Å². The van der Waals surface area contributed by atoms with Crippen LogP contribution >= 0.6 is 15.9 Å². The number of fused-ring (bicyclic) bond motifs is 1. The van der Waals surface area contributed by atoms with Gasteiger partial charge in [-0.3, -0.25) is 24.2 Å². The topological polar surface area (TPSA) is 73.0 Å². The summed E-state index contributed by atoms with van der Waals surface area (Å²) >= 11 is 3.33. The minimum absolute atomic E-state index is 0.0417. The van der Waals surface area contributed by atoms with Gasteiger partial charge >= 0.3 is 0 Å². The summed E-state index contributed by atoms with van der Waals surface area (Å²) < 4.78 is 0.753. The second-order valence-corrected chi connectivity index (χ2v) is 8.56. The summed E-state index contributed by atoms with van der Waals surface area (Å²) in [5, 5.41) is 3.10. The third kappa shape index (κ3) is 4.30. The van der Waals surface area contributed by atoms with Crippen LogP contribution in [0.5, 0.6) is 0 Å². The number of piperazine rings is 1. The lowest BCUT2D eigenvalue weighted by Crippen LogP contribution is -2.46. The fraction of sp³-hybridized carbons (Fsp3) is 0.318. The number of anilines is 1. The van der Waals surface area contributed by atoms with Crippen molar-refractivity contribution in [1.82, 2.24) is 14.7 Å². The maximum atomic E-state index is 12.7. The SMILES string of the molecule is CN1CCN(CC(=O)c2cccc(NCN3C(=O)c4ccc(Br)cc4C3=O)c2)CC1. The lowest BCUT2D eigenvalue weighted by Gasteiger charge is -2.31. The van der Waals surface area contributed by atoms with Gasteiger partial charge in [-0.15, -0.1) is 0 Å². The van der Waals surface area contributed by atoms with E-state index in [4.69, 9.17) is 0 Å². The van der Waals surface area contributed by atoms with Gasteiger partial charge in [-0.1, -0.05) is 28.1 Å². The summed E-state index contributed by atoms with van der Waals surface area (Å²) in [6.45, 7) is 4.13. The highest BCUT2D eigenvalue weighted by Gasteiger charge is 2.35. The quantitative estimate of drug-likeness (QED) is 0.516. The number of halogens is 1. The Hall–Kier alpha value is -2.55.